The maximum Gasteiger partial charge on any atom is 0.268 e. The monoisotopic (exact) mass is 225 g/mol. The molecule has 5 heteroatoms. The number of anilines is 1. The fourth-order valence-corrected chi connectivity index (χ4v) is 1.29. The van der Waals surface area contributed by atoms with Crippen LogP contribution in [0.15, 0.2) is 17.1 Å². The largest absolute Gasteiger partial charge is 0.393 e. The summed E-state index contributed by atoms with van der Waals surface area (Å²) in [6.45, 7) is 4.99. The number of rotatable bonds is 5. The number of aliphatic hydroxyl groups is 1. The van der Waals surface area contributed by atoms with Crippen LogP contribution in [0.3, 0.4) is 0 Å². The molecule has 16 heavy (non-hydrogen) atoms. The maximum absolute atomic E-state index is 11.7. The normalized spacial score (nSPS) is 12.5. The van der Waals surface area contributed by atoms with Crippen LogP contribution in [0.25, 0.3) is 0 Å². The predicted octanol–water partition coefficient (Wildman–Crippen LogP) is 0.470. The lowest BCUT2D eigenvalue weighted by atomic mass is 10.3. The smallest absolute Gasteiger partial charge is 0.268 e. The van der Waals surface area contributed by atoms with Crippen molar-refractivity contribution in [1.82, 2.24) is 9.78 Å². The SMILES string of the molecule is CCN(C)c1cnn(CCC(C)O)c(=O)c1. The van der Waals surface area contributed by atoms with Crippen molar-refractivity contribution < 1.29 is 5.11 Å². The summed E-state index contributed by atoms with van der Waals surface area (Å²) in [6.07, 6.45) is 1.80. The molecule has 0 spiro atoms. The minimum Gasteiger partial charge on any atom is -0.393 e. The van der Waals surface area contributed by atoms with E-state index in [0.29, 0.717) is 13.0 Å². The Morgan fingerprint density at radius 1 is 1.62 bits per heavy atom. The number of hydrogen-bond donors (Lipinski definition) is 1. The predicted molar refractivity (Wildman–Crippen MR) is 63.7 cm³/mol. The van der Waals surface area contributed by atoms with E-state index >= 15 is 0 Å². The number of aromatic nitrogens is 2. The first-order valence-electron chi connectivity index (χ1n) is 5.51. The molecule has 1 atom stereocenters. The molecule has 0 aliphatic carbocycles. The molecule has 1 aromatic heterocycles. The van der Waals surface area contributed by atoms with Gasteiger partial charge in [0.15, 0.2) is 0 Å². The van der Waals surface area contributed by atoms with E-state index in [1.54, 1.807) is 19.2 Å². The second-order valence-corrected chi connectivity index (χ2v) is 3.93. The van der Waals surface area contributed by atoms with Crippen LogP contribution in [0.2, 0.25) is 0 Å². The van der Waals surface area contributed by atoms with Gasteiger partial charge in [0.2, 0.25) is 0 Å². The van der Waals surface area contributed by atoms with Gasteiger partial charge in [0.25, 0.3) is 5.56 Å². The third-order valence-electron chi connectivity index (χ3n) is 2.53. The average molecular weight is 225 g/mol. The average Bonchev–Trinajstić information content (AvgIpc) is 2.26. The Bertz CT molecular complexity index is 387. The van der Waals surface area contributed by atoms with Crippen LogP contribution >= 0.6 is 0 Å². The Kier molecular flexibility index (Phi) is 4.49. The zero-order chi connectivity index (χ0) is 12.1. The van der Waals surface area contributed by atoms with E-state index in [4.69, 9.17) is 5.11 Å². The van der Waals surface area contributed by atoms with Gasteiger partial charge >= 0.3 is 0 Å². The molecule has 0 aromatic carbocycles. The lowest BCUT2D eigenvalue weighted by Gasteiger charge is -2.16. The Morgan fingerprint density at radius 3 is 2.81 bits per heavy atom. The van der Waals surface area contributed by atoms with E-state index in [1.165, 1.54) is 4.68 Å². The summed E-state index contributed by atoms with van der Waals surface area (Å²) in [5.74, 6) is 0. The molecule has 0 radical (unpaired) electrons. The zero-order valence-corrected chi connectivity index (χ0v) is 10.1. The Hall–Kier alpha value is -1.36. The number of nitrogens with zero attached hydrogens (tertiary/aromatic N) is 3. The Balaban J connectivity index is 2.79. The van der Waals surface area contributed by atoms with Gasteiger partial charge in [-0.1, -0.05) is 0 Å². The second-order valence-electron chi connectivity index (χ2n) is 3.93. The fraction of sp³-hybridized carbons (Fsp3) is 0.636. The minimum absolute atomic E-state index is 0.126. The van der Waals surface area contributed by atoms with Gasteiger partial charge in [-0.05, 0) is 20.3 Å². The molecule has 0 fully saturated rings. The molecule has 90 valence electrons. The van der Waals surface area contributed by atoms with E-state index in [-0.39, 0.29) is 5.56 Å². The van der Waals surface area contributed by atoms with Crippen LogP contribution in [0.4, 0.5) is 5.69 Å². The molecule has 0 aliphatic rings. The molecule has 1 rings (SSSR count). The molecule has 5 nitrogen and oxygen atoms in total. The quantitative estimate of drug-likeness (QED) is 0.791. The van der Waals surface area contributed by atoms with Crippen LogP contribution in [-0.2, 0) is 6.54 Å². The highest BCUT2D eigenvalue weighted by molar-refractivity contribution is 5.41. The highest BCUT2D eigenvalue weighted by Crippen LogP contribution is 2.05. The molecule has 0 bridgehead atoms. The van der Waals surface area contributed by atoms with Gasteiger partial charge in [0.1, 0.15) is 0 Å². The van der Waals surface area contributed by atoms with Crippen molar-refractivity contribution in [2.24, 2.45) is 0 Å². The summed E-state index contributed by atoms with van der Waals surface area (Å²) in [7, 11) is 1.91. The van der Waals surface area contributed by atoms with Crippen molar-refractivity contribution in [2.75, 3.05) is 18.5 Å². The molecule has 0 amide bonds. The van der Waals surface area contributed by atoms with Crippen LogP contribution < -0.4 is 10.5 Å². The van der Waals surface area contributed by atoms with Crippen molar-refractivity contribution in [2.45, 2.75) is 32.9 Å². The van der Waals surface area contributed by atoms with E-state index in [0.717, 1.165) is 12.2 Å². The summed E-state index contributed by atoms with van der Waals surface area (Å²) in [4.78, 5) is 13.6. The van der Waals surface area contributed by atoms with E-state index in [2.05, 4.69) is 5.10 Å². The van der Waals surface area contributed by atoms with Crippen molar-refractivity contribution in [3.63, 3.8) is 0 Å². The first kappa shape index (κ1) is 12.7. The molecule has 0 saturated carbocycles. The Labute approximate surface area is 95.3 Å². The molecule has 1 N–H and O–H groups in total. The molecule has 0 saturated heterocycles. The zero-order valence-electron chi connectivity index (χ0n) is 10.1. The topological polar surface area (TPSA) is 58.4 Å². The van der Waals surface area contributed by atoms with Crippen molar-refractivity contribution in [3.05, 3.63) is 22.6 Å². The fourth-order valence-electron chi connectivity index (χ4n) is 1.29. The molecule has 0 aliphatic heterocycles. The molecular weight excluding hydrogens is 206 g/mol. The third-order valence-corrected chi connectivity index (χ3v) is 2.53. The van der Waals surface area contributed by atoms with Crippen LogP contribution in [0, 0.1) is 0 Å². The van der Waals surface area contributed by atoms with Crippen LogP contribution in [-0.4, -0.2) is 34.6 Å². The second kappa shape index (κ2) is 5.65. The van der Waals surface area contributed by atoms with Gasteiger partial charge < -0.3 is 10.0 Å². The maximum atomic E-state index is 11.7. The first-order valence-corrected chi connectivity index (χ1v) is 5.51. The standard InChI is InChI=1S/C11H19N3O2/c1-4-13(3)10-7-11(16)14(12-8-10)6-5-9(2)15/h7-9,15H,4-6H2,1-3H3. The number of aliphatic hydroxyl groups excluding tert-OH is 1. The summed E-state index contributed by atoms with van der Waals surface area (Å²) >= 11 is 0. The van der Waals surface area contributed by atoms with Gasteiger partial charge in [0, 0.05) is 26.2 Å². The van der Waals surface area contributed by atoms with Crippen molar-refractivity contribution >= 4 is 5.69 Å². The van der Waals surface area contributed by atoms with E-state index in [9.17, 15) is 4.79 Å². The number of hydrogen-bond acceptors (Lipinski definition) is 4. The number of aryl methyl sites for hydroxylation is 1. The van der Waals surface area contributed by atoms with Crippen molar-refractivity contribution in [3.8, 4) is 0 Å². The molecule has 1 aromatic rings. The summed E-state index contributed by atoms with van der Waals surface area (Å²) < 4.78 is 1.37. The van der Waals surface area contributed by atoms with Crippen molar-refractivity contribution in [1.29, 1.82) is 0 Å². The molecular formula is C11H19N3O2. The summed E-state index contributed by atoms with van der Waals surface area (Å²) in [6, 6.07) is 1.57. The van der Waals surface area contributed by atoms with Gasteiger partial charge in [-0.3, -0.25) is 4.79 Å². The van der Waals surface area contributed by atoms with Gasteiger partial charge in [0.05, 0.1) is 18.0 Å². The molecule has 1 heterocycles. The lowest BCUT2D eigenvalue weighted by Crippen LogP contribution is -2.26. The van der Waals surface area contributed by atoms with Crippen LogP contribution in [0.5, 0.6) is 0 Å². The Morgan fingerprint density at radius 2 is 2.31 bits per heavy atom. The minimum atomic E-state index is -0.410. The summed E-state index contributed by atoms with van der Waals surface area (Å²) in [5, 5.41) is 13.2. The summed E-state index contributed by atoms with van der Waals surface area (Å²) in [5.41, 5.74) is 0.694. The highest BCUT2D eigenvalue weighted by Gasteiger charge is 2.04. The van der Waals surface area contributed by atoms with Gasteiger partial charge in [-0.15, -0.1) is 0 Å². The third kappa shape index (κ3) is 3.34. The molecule has 1 unspecified atom stereocenters. The first-order chi connectivity index (χ1) is 7.54. The van der Waals surface area contributed by atoms with Crippen LogP contribution in [0.1, 0.15) is 20.3 Å². The van der Waals surface area contributed by atoms with Gasteiger partial charge in [-0.25, -0.2) is 4.68 Å². The van der Waals surface area contributed by atoms with Gasteiger partial charge in [-0.2, -0.15) is 5.10 Å². The van der Waals surface area contributed by atoms with E-state index < -0.39 is 6.10 Å². The highest BCUT2D eigenvalue weighted by atomic mass is 16.3. The van der Waals surface area contributed by atoms with E-state index in [1.807, 2.05) is 18.9 Å². The lowest BCUT2D eigenvalue weighted by molar-refractivity contribution is 0.175.